The highest BCUT2D eigenvalue weighted by molar-refractivity contribution is 5.05. The number of halogens is 1. The SMILES string of the molecule is CN1CC(F)C2(CC2)C1. The van der Waals surface area contributed by atoms with E-state index in [4.69, 9.17) is 0 Å². The summed E-state index contributed by atoms with van der Waals surface area (Å²) in [5, 5.41) is 0. The molecule has 1 atom stereocenters. The van der Waals surface area contributed by atoms with Crippen molar-refractivity contribution in [2.45, 2.75) is 19.0 Å². The summed E-state index contributed by atoms with van der Waals surface area (Å²) < 4.78 is 13.0. The second kappa shape index (κ2) is 1.48. The molecule has 0 aromatic carbocycles. The second-order valence-electron chi connectivity index (χ2n) is 3.53. The maximum atomic E-state index is 13.0. The van der Waals surface area contributed by atoms with Crippen molar-refractivity contribution in [2.75, 3.05) is 20.1 Å². The molecule has 0 bridgehead atoms. The van der Waals surface area contributed by atoms with Gasteiger partial charge < -0.3 is 4.90 Å². The average Bonchev–Trinajstić information content (AvgIpc) is 2.42. The zero-order chi connectivity index (χ0) is 6.48. The molecule has 0 aromatic heterocycles. The van der Waals surface area contributed by atoms with Crippen molar-refractivity contribution in [3.63, 3.8) is 0 Å². The first-order chi connectivity index (χ1) is 4.23. The average molecular weight is 129 g/mol. The molecule has 1 nitrogen and oxygen atoms in total. The smallest absolute Gasteiger partial charge is 0.120 e. The molecule has 0 radical (unpaired) electrons. The Morgan fingerprint density at radius 2 is 2.22 bits per heavy atom. The lowest BCUT2D eigenvalue weighted by molar-refractivity contribution is 0.264. The van der Waals surface area contributed by atoms with Gasteiger partial charge >= 0.3 is 0 Å². The molecular formula is C7H12FN. The molecule has 1 heterocycles. The Labute approximate surface area is 54.8 Å². The molecule has 52 valence electrons. The van der Waals surface area contributed by atoms with Crippen LogP contribution in [0.15, 0.2) is 0 Å². The van der Waals surface area contributed by atoms with Crippen molar-refractivity contribution in [1.82, 2.24) is 4.90 Å². The van der Waals surface area contributed by atoms with Crippen LogP contribution in [-0.2, 0) is 0 Å². The lowest BCUT2D eigenvalue weighted by Crippen LogP contribution is -2.14. The van der Waals surface area contributed by atoms with Gasteiger partial charge in [-0.2, -0.15) is 0 Å². The predicted molar refractivity (Wildman–Crippen MR) is 34.1 cm³/mol. The molecule has 9 heavy (non-hydrogen) atoms. The van der Waals surface area contributed by atoms with Crippen LogP contribution in [0.25, 0.3) is 0 Å². The Bertz CT molecular complexity index is 131. The highest BCUT2D eigenvalue weighted by Gasteiger charge is 2.54. The number of alkyl halides is 1. The molecule has 1 aliphatic heterocycles. The van der Waals surface area contributed by atoms with Crippen LogP contribution in [0.1, 0.15) is 12.8 Å². The van der Waals surface area contributed by atoms with Crippen molar-refractivity contribution in [3.05, 3.63) is 0 Å². The molecule has 2 rings (SSSR count). The number of hydrogen-bond acceptors (Lipinski definition) is 1. The fraction of sp³-hybridized carbons (Fsp3) is 1.00. The van der Waals surface area contributed by atoms with Crippen molar-refractivity contribution < 1.29 is 4.39 Å². The number of rotatable bonds is 0. The molecule has 0 amide bonds. The number of hydrogen-bond donors (Lipinski definition) is 0. The van der Waals surface area contributed by atoms with Crippen molar-refractivity contribution >= 4 is 0 Å². The molecule has 1 saturated carbocycles. The highest BCUT2D eigenvalue weighted by Crippen LogP contribution is 2.53. The maximum absolute atomic E-state index is 13.0. The molecular weight excluding hydrogens is 117 g/mol. The van der Waals surface area contributed by atoms with Gasteiger partial charge in [-0.1, -0.05) is 0 Å². The molecule has 0 N–H and O–H groups in total. The van der Waals surface area contributed by atoms with Crippen molar-refractivity contribution in [1.29, 1.82) is 0 Å². The maximum Gasteiger partial charge on any atom is 0.120 e. The summed E-state index contributed by atoms with van der Waals surface area (Å²) in [5.74, 6) is 0. The van der Waals surface area contributed by atoms with Crippen molar-refractivity contribution in [2.24, 2.45) is 5.41 Å². The van der Waals surface area contributed by atoms with Gasteiger partial charge in [-0.05, 0) is 19.9 Å². The van der Waals surface area contributed by atoms with Crippen LogP contribution in [0.5, 0.6) is 0 Å². The summed E-state index contributed by atoms with van der Waals surface area (Å²) >= 11 is 0. The first-order valence-electron chi connectivity index (χ1n) is 3.56. The van der Waals surface area contributed by atoms with Gasteiger partial charge in [-0.15, -0.1) is 0 Å². The molecule has 1 aliphatic carbocycles. The number of likely N-dealkylation sites (tertiary alicyclic amines) is 1. The largest absolute Gasteiger partial charge is 0.303 e. The summed E-state index contributed by atoms with van der Waals surface area (Å²) in [6.45, 7) is 1.66. The van der Waals surface area contributed by atoms with Gasteiger partial charge in [0.2, 0.25) is 0 Å². The zero-order valence-corrected chi connectivity index (χ0v) is 5.73. The monoisotopic (exact) mass is 129 g/mol. The highest BCUT2D eigenvalue weighted by atomic mass is 19.1. The third kappa shape index (κ3) is 0.692. The van der Waals surface area contributed by atoms with E-state index in [-0.39, 0.29) is 5.41 Å². The van der Waals surface area contributed by atoms with E-state index >= 15 is 0 Å². The second-order valence-corrected chi connectivity index (χ2v) is 3.53. The van der Waals surface area contributed by atoms with Gasteiger partial charge in [-0.3, -0.25) is 0 Å². The summed E-state index contributed by atoms with van der Waals surface area (Å²) in [6, 6.07) is 0. The minimum absolute atomic E-state index is 0.134. The lowest BCUT2D eigenvalue weighted by atomic mass is 10.1. The first kappa shape index (κ1) is 5.66. The van der Waals surface area contributed by atoms with Gasteiger partial charge in [-0.25, -0.2) is 4.39 Å². The molecule has 2 fully saturated rings. The van der Waals surface area contributed by atoms with E-state index in [1.165, 1.54) is 0 Å². The Hall–Kier alpha value is -0.110. The fourth-order valence-electron chi connectivity index (χ4n) is 1.80. The van der Waals surface area contributed by atoms with Crippen LogP contribution in [0.3, 0.4) is 0 Å². The standard InChI is InChI=1S/C7H12FN/c1-9-4-6(8)7(5-9)2-3-7/h6H,2-5H2,1H3. The van der Waals surface area contributed by atoms with Crippen LogP contribution < -0.4 is 0 Å². The molecule has 2 heteroatoms. The summed E-state index contributed by atoms with van der Waals surface area (Å²) in [7, 11) is 2.00. The van der Waals surface area contributed by atoms with Crippen LogP contribution >= 0.6 is 0 Å². The van der Waals surface area contributed by atoms with Gasteiger partial charge in [0.25, 0.3) is 0 Å². The van der Waals surface area contributed by atoms with E-state index in [0.717, 1.165) is 19.4 Å². The van der Waals surface area contributed by atoms with E-state index < -0.39 is 6.17 Å². The van der Waals surface area contributed by atoms with E-state index in [0.29, 0.717) is 6.54 Å². The first-order valence-corrected chi connectivity index (χ1v) is 3.56. The van der Waals surface area contributed by atoms with E-state index in [1.54, 1.807) is 0 Å². The van der Waals surface area contributed by atoms with Gasteiger partial charge in [0.05, 0.1) is 0 Å². The van der Waals surface area contributed by atoms with Crippen LogP contribution in [0.4, 0.5) is 4.39 Å². The van der Waals surface area contributed by atoms with Gasteiger partial charge in [0.1, 0.15) is 6.17 Å². The van der Waals surface area contributed by atoms with Crippen LogP contribution in [-0.4, -0.2) is 31.2 Å². The Morgan fingerprint density at radius 3 is 2.44 bits per heavy atom. The summed E-state index contributed by atoms with van der Waals surface area (Å²) in [4.78, 5) is 2.09. The lowest BCUT2D eigenvalue weighted by Gasteiger charge is -2.05. The topological polar surface area (TPSA) is 3.24 Å². The van der Waals surface area contributed by atoms with E-state index in [9.17, 15) is 4.39 Å². The Morgan fingerprint density at radius 1 is 1.56 bits per heavy atom. The van der Waals surface area contributed by atoms with Crippen molar-refractivity contribution in [3.8, 4) is 0 Å². The Kier molecular flexibility index (Phi) is 0.933. The number of nitrogens with zero attached hydrogens (tertiary/aromatic N) is 1. The van der Waals surface area contributed by atoms with E-state index in [2.05, 4.69) is 4.90 Å². The van der Waals surface area contributed by atoms with Crippen LogP contribution in [0.2, 0.25) is 0 Å². The van der Waals surface area contributed by atoms with E-state index in [1.807, 2.05) is 7.05 Å². The molecule has 0 aromatic rings. The predicted octanol–water partition coefficient (Wildman–Crippen LogP) is 1.05. The third-order valence-corrected chi connectivity index (χ3v) is 2.61. The Balaban J connectivity index is 2.10. The zero-order valence-electron chi connectivity index (χ0n) is 5.73. The third-order valence-electron chi connectivity index (χ3n) is 2.61. The van der Waals surface area contributed by atoms with Gasteiger partial charge in [0.15, 0.2) is 0 Å². The summed E-state index contributed by atoms with van der Waals surface area (Å²) in [6.07, 6.45) is 1.72. The minimum Gasteiger partial charge on any atom is -0.303 e. The summed E-state index contributed by atoms with van der Waals surface area (Å²) in [5.41, 5.74) is 0.134. The van der Waals surface area contributed by atoms with Gasteiger partial charge in [0, 0.05) is 18.5 Å². The molecule has 1 saturated heterocycles. The normalized spacial score (nSPS) is 40.0. The molecule has 1 unspecified atom stereocenters. The quantitative estimate of drug-likeness (QED) is 0.472. The molecule has 1 spiro atoms. The van der Waals surface area contributed by atoms with Crippen LogP contribution in [0, 0.1) is 5.41 Å². The fourth-order valence-corrected chi connectivity index (χ4v) is 1.80. The minimum atomic E-state index is -0.525. The molecule has 2 aliphatic rings.